The van der Waals surface area contributed by atoms with Gasteiger partial charge in [0, 0.05) is 6.20 Å². The van der Waals surface area contributed by atoms with Gasteiger partial charge < -0.3 is 0 Å². The van der Waals surface area contributed by atoms with Crippen LogP contribution in [0.3, 0.4) is 0 Å². The maximum atomic E-state index is 4.25. The van der Waals surface area contributed by atoms with Crippen LogP contribution in [0.5, 0.6) is 0 Å². The standard InChI is InChI=1S/C13H15N/c1-2-6-12(7-3-1)9-10-13-8-4-5-11-14-13/h4-6,8-11H,1-3,7H2/b10-9+. The molecule has 72 valence electrons. The van der Waals surface area contributed by atoms with Crippen molar-refractivity contribution in [2.24, 2.45) is 0 Å². The van der Waals surface area contributed by atoms with Crippen molar-refractivity contribution in [3.05, 3.63) is 47.8 Å². The van der Waals surface area contributed by atoms with E-state index in [1.165, 1.54) is 31.3 Å². The molecule has 2 rings (SSSR count). The van der Waals surface area contributed by atoms with Crippen LogP contribution in [0, 0.1) is 0 Å². The Morgan fingerprint density at radius 3 is 2.86 bits per heavy atom. The number of allylic oxidation sites excluding steroid dienone is 3. The highest BCUT2D eigenvalue weighted by Gasteiger charge is 1.99. The molecule has 0 aromatic carbocycles. The Labute approximate surface area is 85.2 Å². The third-order valence-electron chi connectivity index (χ3n) is 2.48. The lowest BCUT2D eigenvalue weighted by molar-refractivity contribution is 0.712. The minimum absolute atomic E-state index is 1.04. The molecule has 0 aliphatic heterocycles. The molecule has 1 aliphatic carbocycles. The highest BCUT2D eigenvalue weighted by atomic mass is 14.6. The first-order chi connectivity index (χ1) is 6.95. The summed E-state index contributed by atoms with van der Waals surface area (Å²) in [6.07, 6.45) is 13.6. The van der Waals surface area contributed by atoms with E-state index in [9.17, 15) is 0 Å². The van der Waals surface area contributed by atoms with Gasteiger partial charge in [-0.15, -0.1) is 0 Å². The fourth-order valence-corrected chi connectivity index (χ4v) is 1.68. The Bertz CT molecular complexity index is 336. The average molecular weight is 185 g/mol. The first-order valence-electron chi connectivity index (χ1n) is 5.23. The van der Waals surface area contributed by atoms with Crippen molar-refractivity contribution in [2.75, 3.05) is 0 Å². The predicted octanol–water partition coefficient (Wildman–Crippen LogP) is 3.60. The van der Waals surface area contributed by atoms with Crippen molar-refractivity contribution >= 4 is 6.08 Å². The summed E-state index contributed by atoms with van der Waals surface area (Å²) in [7, 11) is 0. The third kappa shape index (κ3) is 2.56. The van der Waals surface area contributed by atoms with Crippen LogP contribution in [0.4, 0.5) is 0 Å². The lowest BCUT2D eigenvalue weighted by Gasteiger charge is -2.07. The fraction of sp³-hybridized carbons (Fsp3) is 0.308. The molecule has 1 nitrogen and oxygen atoms in total. The van der Waals surface area contributed by atoms with Crippen molar-refractivity contribution in [1.29, 1.82) is 0 Å². The molecule has 0 spiro atoms. The van der Waals surface area contributed by atoms with Gasteiger partial charge >= 0.3 is 0 Å². The molecular formula is C13H15N. The first kappa shape index (κ1) is 9.20. The van der Waals surface area contributed by atoms with E-state index < -0.39 is 0 Å². The van der Waals surface area contributed by atoms with E-state index in [4.69, 9.17) is 0 Å². The molecule has 0 saturated heterocycles. The molecule has 1 heteroatoms. The monoisotopic (exact) mass is 185 g/mol. The Hall–Kier alpha value is -1.37. The number of rotatable bonds is 2. The summed E-state index contributed by atoms with van der Waals surface area (Å²) in [5.41, 5.74) is 2.50. The first-order valence-corrected chi connectivity index (χ1v) is 5.23. The van der Waals surface area contributed by atoms with Gasteiger partial charge in [-0.2, -0.15) is 0 Å². The van der Waals surface area contributed by atoms with Gasteiger partial charge in [0.15, 0.2) is 0 Å². The van der Waals surface area contributed by atoms with Gasteiger partial charge in [-0.3, -0.25) is 4.98 Å². The molecular weight excluding hydrogens is 170 g/mol. The maximum absolute atomic E-state index is 4.25. The second kappa shape index (κ2) is 4.75. The van der Waals surface area contributed by atoms with E-state index in [-0.39, 0.29) is 0 Å². The van der Waals surface area contributed by atoms with Crippen LogP contribution < -0.4 is 0 Å². The van der Waals surface area contributed by atoms with Crippen LogP contribution in [0.1, 0.15) is 31.4 Å². The predicted molar refractivity (Wildman–Crippen MR) is 59.8 cm³/mol. The van der Waals surface area contributed by atoms with Gasteiger partial charge in [0.2, 0.25) is 0 Å². The van der Waals surface area contributed by atoms with Crippen molar-refractivity contribution in [2.45, 2.75) is 25.7 Å². The molecule has 0 unspecified atom stereocenters. The van der Waals surface area contributed by atoms with Crippen LogP contribution in [0.15, 0.2) is 42.1 Å². The zero-order valence-corrected chi connectivity index (χ0v) is 8.32. The summed E-state index contributed by atoms with van der Waals surface area (Å²) in [6, 6.07) is 5.99. The van der Waals surface area contributed by atoms with Crippen molar-refractivity contribution in [3.8, 4) is 0 Å². The Balaban J connectivity index is 2.03. The molecule has 0 radical (unpaired) electrons. The minimum Gasteiger partial charge on any atom is -0.257 e. The maximum Gasteiger partial charge on any atom is 0.0629 e. The van der Waals surface area contributed by atoms with E-state index in [1.54, 1.807) is 0 Å². The lowest BCUT2D eigenvalue weighted by atomic mass is 9.99. The van der Waals surface area contributed by atoms with Crippen LogP contribution in [0.25, 0.3) is 6.08 Å². The fourth-order valence-electron chi connectivity index (χ4n) is 1.68. The molecule has 1 aromatic rings. The SMILES string of the molecule is C1=C(/C=C/c2ccccn2)CCCC1. The van der Waals surface area contributed by atoms with Crippen molar-refractivity contribution in [3.63, 3.8) is 0 Å². The van der Waals surface area contributed by atoms with E-state index in [0.717, 1.165) is 5.69 Å². The van der Waals surface area contributed by atoms with Gasteiger partial charge in [-0.1, -0.05) is 23.8 Å². The molecule has 1 aliphatic rings. The molecule has 0 atom stereocenters. The second-order valence-electron chi connectivity index (χ2n) is 3.61. The van der Waals surface area contributed by atoms with Gasteiger partial charge in [-0.05, 0) is 43.9 Å². The molecule has 0 bridgehead atoms. The highest BCUT2D eigenvalue weighted by molar-refractivity contribution is 5.48. The number of aromatic nitrogens is 1. The number of nitrogens with zero attached hydrogens (tertiary/aromatic N) is 1. The summed E-state index contributed by atoms with van der Waals surface area (Å²) in [6.45, 7) is 0. The molecule has 0 saturated carbocycles. The molecule has 14 heavy (non-hydrogen) atoms. The van der Waals surface area contributed by atoms with Crippen molar-refractivity contribution < 1.29 is 0 Å². The van der Waals surface area contributed by atoms with E-state index in [1.807, 2.05) is 24.4 Å². The quantitative estimate of drug-likeness (QED) is 0.686. The molecule has 1 heterocycles. The average Bonchev–Trinajstić information content (AvgIpc) is 2.29. The number of pyridine rings is 1. The van der Waals surface area contributed by atoms with Gasteiger partial charge in [0.1, 0.15) is 0 Å². The van der Waals surface area contributed by atoms with E-state index in [0.29, 0.717) is 0 Å². The van der Waals surface area contributed by atoms with Crippen LogP contribution in [-0.4, -0.2) is 4.98 Å². The molecule has 1 aromatic heterocycles. The molecule has 0 N–H and O–H groups in total. The third-order valence-corrected chi connectivity index (χ3v) is 2.48. The normalized spacial score (nSPS) is 17.0. The summed E-state index contributed by atoms with van der Waals surface area (Å²) in [4.78, 5) is 4.25. The molecule has 0 amide bonds. The topological polar surface area (TPSA) is 12.9 Å². The Morgan fingerprint density at radius 2 is 2.14 bits per heavy atom. The van der Waals surface area contributed by atoms with E-state index >= 15 is 0 Å². The molecule has 0 fully saturated rings. The van der Waals surface area contributed by atoms with E-state index in [2.05, 4.69) is 23.2 Å². The zero-order valence-electron chi connectivity index (χ0n) is 8.32. The van der Waals surface area contributed by atoms with Gasteiger partial charge in [0.05, 0.1) is 5.69 Å². The Kier molecular flexibility index (Phi) is 3.12. The van der Waals surface area contributed by atoms with Gasteiger partial charge in [0.25, 0.3) is 0 Å². The lowest BCUT2D eigenvalue weighted by Crippen LogP contribution is -1.88. The van der Waals surface area contributed by atoms with Crippen LogP contribution in [-0.2, 0) is 0 Å². The number of hydrogen-bond acceptors (Lipinski definition) is 1. The largest absolute Gasteiger partial charge is 0.257 e. The summed E-state index contributed by atoms with van der Waals surface area (Å²) in [5.74, 6) is 0. The summed E-state index contributed by atoms with van der Waals surface area (Å²) < 4.78 is 0. The second-order valence-corrected chi connectivity index (χ2v) is 3.61. The van der Waals surface area contributed by atoms with Gasteiger partial charge in [-0.25, -0.2) is 0 Å². The smallest absolute Gasteiger partial charge is 0.0629 e. The van der Waals surface area contributed by atoms with Crippen LogP contribution >= 0.6 is 0 Å². The van der Waals surface area contributed by atoms with Crippen LogP contribution in [0.2, 0.25) is 0 Å². The summed E-state index contributed by atoms with van der Waals surface area (Å²) in [5, 5.41) is 0. The minimum atomic E-state index is 1.04. The number of hydrogen-bond donors (Lipinski definition) is 0. The zero-order chi connectivity index (χ0) is 9.64. The summed E-state index contributed by atoms with van der Waals surface area (Å²) >= 11 is 0. The Morgan fingerprint density at radius 1 is 1.14 bits per heavy atom. The highest BCUT2D eigenvalue weighted by Crippen LogP contribution is 2.18. The van der Waals surface area contributed by atoms with Crippen molar-refractivity contribution in [1.82, 2.24) is 4.98 Å².